The number of halogens is 1. The second kappa shape index (κ2) is 8.29. The Morgan fingerprint density at radius 2 is 1.65 bits per heavy atom. The SMILES string of the molecule is COc1ccc2c(C(=O)N3CCN(c4ccccc4Cl)CC3)cc3cc4c(cc3c2c1)OCO4. The molecule has 2 aliphatic rings. The van der Waals surface area contributed by atoms with Gasteiger partial charge in [0.05, 0.1) is 17.8 Å². The van der Waals surface area contributed by atoms with Crippen molar-refractivity contribution in [1.82, 2.24) is 4.90 Å². The predicted octanol–water partition coefficient (Wildman–Crippen LogP) is 5.35. The molecule has 6 nitrogen and oxygen atoms in total. The van der Waals surface area contributed by atoms with Gasteiger partial charge in [-0.15, -0.1) is 0 Å². The van der Waals surface area contributed by atoms with Crippen molar-refractivity contribution >= 4 is 44.7 Å². The van der Waals surface area contributed by atoms with E-state index in [1.54, 1.807) is 7.11 Å². The summed E-state index contributed by atoms with van der Waals surface area (Å²) >= 11 is 6.39. The normalized spacial score (nSPS) is 15.2. The molecule has 0 saturated carbocycles. The molecule has 1 amide bonds. The Hall–Kier alpha value is -3.64. The molecule has 0 spiro atoms. The molecule has 0 aliphatic carbocycles. The molecule has 0 unspecified atom stereocenters. The first-order valence-corrected chi connectivity index (χ1v) is 11.6. The zero-order chi connectivity index (χ0) is 23.2. The van der Waals surface area contributed by atoms with Gasteiger partial charge in [0.15, 0.2) is 11.5 Å². The first-order chi connectivity index (χ1) is 16.6. The predicted molar refractivity (Wildman–Crippen MR) is 134 cm³/mol. The fourth-order valence-electron chi connectivity index (χ4n) is 4.86. The summed E-state index contributed by atoms with van der Waals surface area (Å²) in [6.07, 6.45) is 0. The second-order valence-electron chi connectivity index (χ2n) is 8.49. The number of amides is 1. The first-order valence-electron chi connectivity index (χ1n) is 11.3. The van der Waals surface area contributed by atoms with E-state index in [9.17, 15) is 4.79 Å². The van der Waals surface area contributed by atoms with E-state index in [2.05, 4.69) is 4.90 Å². The summed E-state index contributed by atoms with van der Waals surface area (Å²) in [5, 5.41) is 4.51. The summed E-state index contributed by atoms with van der Waals surface area (Å²) in [6, 6.07) is 19.6. The smallest absolute Gasteiger partial charge is 0.254 e. The van der Waals surface area contributed by atoms with Crippen LogP contribution in [0.3, 0.4) is 0 Å². The van der Waals surface area contributed by atoms with Crippen molar-refractivity contribution in [2.45, 2.75) is 0 Å². The molecule has 2 aliphatic heterocycles. The van der Waals surface area contributed by atoms with Gasteiger partial charge in [-0.1, -0.05) is 23.7 Å². The largest absolute Gasteiger partial charge is 0.497 e. The maximum absolute atomic E-state index is 13.7. The molecule has 1 fully saturated rings. The van der Waals surface area contributed by atoms with Gasteiger partial charge in [-0.3, -0.25) is 4.79 Å². The van der Waals surface area contributed by atoms with E-state index in [4.69, 9.17) is 25.8 Å². The monoisotopic (exact) mass is 474 g/mol. The fraction of sp³-hybridized carbons (Fsp3) is 0.222. The Morgan fingerprint density at radius 3 is 2.41 bits per heavy atom. The third-order valence-corrected chi connectivity index (χ3v) is 6.96. The van der Waals surface area contributed by atoms with Gasteiger partial charge in [0, 0.05) is 31.7 Å². The van der Waals surface area contributed by atoms with Crippen LogP contribution in [0.15, 0.2) is 60.7 Å². The van der Waals surface area contributed by atoms with Crippen molar-refractivity contribution in [3.8, 4) is 17.2 Å². The lowest BCUT2D eigenvalue weighted by atomic mass is 9.95. The Morgan fingerprint density at radius 1 is 0.882 bits per heavy atom. The molecule has 6 rings (SSSR count). The van der Waals surface area contributed by atoms with E-state index in [-0.39, 0.29) is 12.7 Å². The van der Waals surface area contributed by atoms with Crippen LogP contribution in [0.25, 0.3) is 21.5 Å². The number of piperazine rings is 1. The lowest BCUT2D eigenvalue weighted by molar-refractivity contribution is 0.0749. The first kappa shape index (κ1) is 20.9. The van der Waals surface area contributed by atoms with E-state index in [0.717, 1.165) is 51.1 Å². The van der Waals surface area contributed by atoms with Crippen molar-refractivity contribution in [3.63, 3.8) is 0 Å². The van der Waals surface area contributed by atoms with E-state index < -0.39 is 0 Å². The number of hydrogen-bond acceptors (Lipinski definition) is 5. The maximum Gasteiger partial charge on any atom is 0.254 e. The third-order valence-electron chi connectivity index (χ3n) is 6.64. The number of benzene rings is 4. The number of rotatable bonds is 3. The molecule has 0 radical (unpaired) electrons. The highest BCUT2D eigenvalue weighted by Gasteiger charge is 2.26. The zero-order valence-corrected chi connectivity index (χ0v) is 19.5. The highest BCUT2D eigenvalue weighted by atomic mass is 35.5. The second-order valence-corrected chi connectivity index (χ2v) is 8.90. The summed E-state index contributed by atoms with van der Waals surface area (Å²) in [5.74, 6) is 2.17. The van der Waals surface area contributed by atoms with E-state index in [1.807, 2.05) is 65.6 Å². The van der Waals surface area contributed by atoms with Gasteiger partial charge in [0.1, 0.15) is 5.75 Å². The number of fused-ring (bicyclic) bond motifs is 4. The summed E-state index contributed by atoms with van der Waals surface area (Å²) in [5.41, 5.74) is 1.69. The van der Waals surface area contributed by atoms with Crippen molar-refractivity contribution in [2.24, 2.45) is 0 Å². The van der Waals surface area contributed by atoms with Crippen LogP contribution in [0.4, 0.5) is 5.69 Å². The molecule has 4 aromatic rings. The number of para-hydroxylation sites is 1. The maximum atomic E-state index is 13.7. The van der Waals surface area contributed by atoms with Gasteiger partial charge in [0.2, 0.25) is 6.79 Å². The highest BCUT2D eigenvalue weighted by molar-refractivity contribution is 6.33. The van der Waals surface area contributed by atoms with Crippen molar-refractivity contribution in [1.29, 1.82) is 0 Å². The number of ether oxygens (including phenoxy) is 3. The minimum Gasteiger partial charge on any atom is -0.497 e. The van der Waals surface area contributed by atoms with Gasteiger partial charge in [-0.25, -0.2) is 0 Å². The molecular weight excluding hydrogens is 452 g/mol. The Labute approximate surface area is 202 Å². The minimum atomic E-state index is 0.0218. The summed E-state index contributed by atoms with van der Waals surface area (Å²) in [6.45, 7) is 2.91. The molecule has 0 atom stereocenters. The average Bonchev–Trinajstić information content (AvgIpc) is 3.34. The molecule has 0 N–H and O–H groups in total. The highest BCUT2D eigenvalue weighted by Crippen LogP contribution is 2.40. The van der Waals surface area contributed by atoms with E-state index in [1.165, 1.54) is 0 Å². The molecule has 2 heterocycles. The molecule has 172 valence electrons. The standard InChI is InChI=1S/C27H23ClN2O4/c1-32-18-6-7-19-21(14-18)20-15-26-25(33-16-34-26)13-17(20)12-22(19)27(31)30-10-8-29(9-11-30)24-5-3-2-4-23(24)28/h2-7,12-15H,8-11,16H2,1H3. The van der Waals surface area contributed by atoms with E-state index in [0.29, 0.717) is 30.2 Å². The molecule has 4 aromatic carbocycles. The molecule has 0 bridgehead atoms. The van der Waals surface area contributed by atoms with Gasteiger partial charge in [0.25, 0.3) is 5.91 Å². The number of carbonyl (C=O) groups is 1. The van der Waals surface area contributed by atoms with Crippen LogP contribution in [-0.2, 0) is 0 Å². The van der Waals surface area contributed by atoms with Crippen LogP contribution in [0.2, 0.25) is 5.02 Å². The van der Waals surface area contributed by atoms with Crippen LogP contribution < -0.4 is 19.1 Å². The number of anilines is 1. The summed E-state index contributed by atoms with van der Waals surface area (Å²) in [4.78, 5) is 17.9. The number of hydrogen-bond donors (Lipinski definition) is 0. The van der Waals surface area contributed by atoms with E-state index >= 15 is 0 Å². The lowest BCUT2D eigenvalue weighted by Gasteiger charge is -2.36. The molecule has 7 heteroatoms. The van der Waals surface area contributed by atoms with Crippen LogP contribution >= 0.6 is 11.6 Å². The number of nitrogens with zero attached hydrogens (tertiary/aromatic N) is 2. The van der Waals surface area contributed by atoms with Crippen molar-refractivity contribution < 1.29 is 19.0 Å². The minimum absolute atomic E-state index is 0.0218. The molecule has 34 heavy (non-hydrogen) atoms. The Bertz CT molecular complexity index is 1430. The van der Waals surface area contributed by atoms with Gasteiger partial charge in [-0.05, 0) is 70.1 Å². The number of carbonyl (C=O) groups excluding carboxylic acids is 1. The summed E-state index contributed by atoms with van der Waals surface area (Å²) < 4.78 is 16.7. The Balaban J connectivity index is 1.37. The average molecular weight is 475 g/mol. The zero-order valence-electron chi connectivity index (χ0n) is 18.7. The van der Waals surface area contributed by atoms with Gasteiger partial charge >= 0.3 is 0 Å². The molecule has 1 saturated heterocycles. The topological polar surface area (TPSA) is 51.2 Å². The summed E-state index contributed by atoms with van der Waals surface area (Å²) in [7, 11) is 1.64. The van der Waals surface area contributed by atoms with Crippen LogP contribution in [0.1, 0.15) is 10.4 Å². The molecule has 0 aromatic heterocycles. The van der Waals surface area contributed by atoms with Crippen molar-refractivity contribution in [3.05, 3.63) is 71.2 Å². The lowest BCUT2D eigenvalue weighted by Crippen LogP contribution is -2.48. The van der Waals surface area contributed by atoms with Crippen molar-refractivity contribution in [2.75, 3.05) is 45.0 Å². The fourth-order valence-corrected chi connectivity index (χ4v) is 5.11. The van der Waals surface area contributed by atoms with Crippen LogP contribution in [0.5, 0.6) is 17.2 Å². The van der Waals surface area contributed by atoms with Gasteiger partial charge < -0.3 is 24.0 Å². The Kier molecular flexibility index (Phi) is 5.11. The third kappa shape index (κ3) is 3.46. The van der Waals surface area contributed by atoms with Crippen LogP contribution in [0, 0.1) is 0 Å². The van der Waals surface area contributed by atoms with Gasteiger partial charge in [-0.2, -0.15) is 0 Å². The molecular formula is C27H23ClN2O4. The quantitative estimate of drug-likeness (QED) is 0.375. The number of methoxy groups -OCH3 is 1. The van der Waals surface area contributed by atoms with Crippen LogP contribution in [-0.4, -0.2) is 50.9 Å².